The van der Waals surface area contributed by atoms with Crippen molar-refractivity contribution in [1.29, 1.82) is 0 Å². The molecule has 0 fully saturated rings. The third-order valence-electron chi connectivity index (χ3n) is 2.53. The first kappa shape index (κ1) is 14.8. The Labute approximate surface area is 120 Å². The number of rotatable bonds is 5. The molecule has 3 N–H and O–H groups in total. The van der Waals surface area contributed by atoms with E-state index in [4.69, 9.17) is 17.3 Å². The third-order valence-corrected chi connectivity index (χ3v) is 4.26. The van der Waals surface area contributed by atoms with Crippen molar-refractivity contribution in [2.75, 3.05) is 12.3 Å². The first-order valence-electron chi connectivity index (χ1n) is 5.60. The van der Waals surface area contributed by atoms with Gasteiger partial charge < -0.3 is 10.3 Å². The Morgan fingerprint density at radius 3 is 2.85 bits per heavy atom. The van der Waals surface area contributed by atoms with Crippen LogP contribution in [0.2, 0.25) is 5.02 Å². The van der Waals surface area contributed by atoms with Crippen LogP contribution in [0.3, 0.4) is 0 Å². The molecule has 0 bridgehead atoms. The predicted octanol–water partition coefficient (Wildman–Crippen LogP) is 1.24. The summed E-state index contributed by atoms with van der Waals surface area (Å²) in [4.78, 5) is 3.26. The normalized spacial score (nSPS) is 11.7. The van der Waals surface area contributed by atoms with E-state index in [0.29, 0.717) is 6.54 Å². The van der Waals surface area contributed by atoms with Gasteiger partial charge in [-0.25, -0.2) is 22.5 Å². The van der Waals surface area contributed by atoms with Gasteiger partial charge in [0, 0.05) is 31.2 Å². The van der Waals surface area contributed by atoms with Gasteiger partial charge in [-0.1, -0.05) is 11.6 Å². The second kappa shape index (κ2) is 5.78. The van der Waals surface area contributed by atoms with Gasteiger partial charge in [0.15, 0.2) is 5.82 Å². The molecule has 0 amide bonds. The van der Waals surface area contributed by atoms with E-state index in [1.807, 2.05) is 0 Å². The fourth-order valence-corrected chi connectivity index (χ4v) is 3.02. The minimum Gasteiger partial charge on any atom is -0.399 e. The molecular weight excluding hydrogens is 307 g/mol. The minimum atomic E-state index is -4.01. The van der Waals surface area contributed by atoms with Crippen molar-refractivity contribution in [2.24, 2.45) is 0 Å². The Morgan fingerprint density at radius 1 is 1.45 bits per heavy atom. The molecule has 2 rings (SSSR count). The summed E-state index contributed by atoms with van der Waals surface area (Å²) in [5, 5.41) is -0.333. The standard InChI is InChI=1S/C11H12ClFN4O2S/c12-9-5-8(14)6-10(11(9)13)20(18,19)16-2-4-17-3-1-15-7-17/h1,3,5-7,16H,2,4,14H2. The Kier molecular flexibility index (Phi) is 4.26. The van der Waals surface area contributed by atoms with E-state index in [2.05, 4.69) is 9.71 Å². The first-order valence-corrected chi connectivity index (χ1v) is 7.46. The number of halogens is 2. The van der Waals surface area contributed by atoms with E-state index in [9.17, 15) is 12.8 Å². The number of aromatic nitrogens is 2. The molecule has 1 aromatic carbocycles. The maximum Gasteiger partial charge on any atom is 0.243 e. The molecule has 20 heavy (non-hydrogen) atoms. The van der Waals surface area contributed by atoms with Crippen molar-refractivity contribution in [1.82, 2.24) is 14.3 Å². The van der Waals surface area contributed by atoms with Crippen LogP contribution >= 0.6 is 11.6 Å². The van der Waals surface area contributed by atoms with Crippen LogP contribution < -0.4 is 10.5 Å². The van der Waals surface area contributed by atoms with Crippen molar-refractivity contribution in [2.45, 2.75) is 11.4 Å². The highest BCUT2D eigenvalue weighted by molar-refractivity contribution is 7.89. The molecule has 9 heteroatoms. The summed E-state index contributed by atoms with van der Waals surface area (Å²) >= 11 is 5.58. The molecule has 108 valence electrons. The Hall–Kier alpha value is -1.64. The van der Waals surface area contributed by atoms with Gasteiger partial charge in [0.25, 0.3) is 0 Å². The maximum absolute atomic E-state index is 13.8. The molecule has 0 aliphatic rings. The van der Waals surface area contributed by atoms with Crippen molar-refractivity contribution < 1.29 is 12.8 Å². The largest absolute Gasteiger partial charge is 0.399 e. The van der Waals surface area contributed by atoms with Crippen LogP contribution in [0.1, 0.15) is 0 Å². The van der Waals surface area contributed by atoms with Crippen LogP contribution in [0.25, 0.3) is 0 Å². The first-order chi connectivity index (χ1) is 9.40. The molecule has 0 radical (unpaired) electrons. The van der Waals surface area contributed by atoms with E-state index >= 15 is 0 Å². The Bertz CT molecular complexity index is 703. The van der Waals surface area contributed by atoms with Crippen LogP contribution in [-0.4, -0.2) is 24.5 Å². The molecule has 1 heterocycles. The lowest BCUT2D eigenvalue weighted by Gasteiger charge is -2.09. The van der Waals surface area contributed by atoms with Gasteiger partial charge in [0.1, 0.15) is 4.90 Å². The summed E-state index contributed by atoms with van der Waals surface area (Å²) in [5.74, 6) is -1.02. The number of hydrogen-bond donors (Lipinski definition) is 2. The predicted molar refractivity (Wildman–Crippen MR) is 73.2 cm³/mol. The highest BCUT2D eigenvalue weighted by Crippen LogP contribution is 2.25. The van der Waals surface area contributed by atoms with Crippen molar-refractivity contribution in [3.05, 3.63) is 41.7 Å². The summed E-state index contributed by atoms with van der Waals surface area (Å²) in [7, 11) is -4.01. The number of nitrogens with one attached hydrogen (secondary N) is 1. The van der Waals surface area contributed by atoms with Gasteiger partial charge in [-0.3, -0.25) is 0 Å². The number of benzene rings is 1. The maximum atomic E-state index is 13.8. The van der Waals surface area contributed by atoms with E-state index in [0.717, 1.165) is 12.1 Å². The number of nitrogens with two attached hydrogens (primary N) is 1. The number of nitrogens with zero attached hydrogens (tertiary/aromatic N) is 2. The number of sulfonamides is 1. The SMILES string of the molecule is Nc1cc(Cl)c(F)c(S(=O)(=O)NCCn2ccnc2)c1. The van der Waals surface area contributed by atoms with E-state index < -0.39 is 20.7 Å². The van der Waals surface area contributed by atoms with Crippen molar-refractivity contribution in [3.8, 4) is 0 Å². The van der Waals surface area contributed by atoms with Gasteiger partial charge in [-0.05, 0) is 12.1 Å². The molecule has 0 aliphatic heterocycles. The van der Waals surface area contributed by atoms with E-state index in [1.165, 1.54) is 0 Å². The number of hydrogen-bond acceptors (Lipinski definition) is 4. The lowest BCUT2D eigenvalue weighted by atomic mass is 10.3. The Balaban J connectivity index is 2.14. The van der Waals surface area contributed by atoms with Crippen LogP contribution in [0, 0.1) is 5.82 Å². The smallest absolute Gasteiger partial charge is 0.243 e. The topological polar surface area (TPSA) is 90.0 Å². The molecular formula is C11H12ClFN4O2S. The quantitative estimate of drug-likeness (QED) is 0.811. The molecule has 2 aromatic rings. The van der Waals surface area contributed by atoms with Crippen LogP contribution in [0.5, 0.6) is 0 Å². The third kappa shape index (κ3) is 3.27. The zero-order chi connectivity index (χ0) is 14.8. The van der Waals surface area contributed by atoms with Gasteiger partial charge in [0.2, 0.25) is 10.0 Å². The monoisotopic (exact) mass is 318 g/mol. The van der Waals surface area contributed by atoms with Crippen molar-refractivity contribution >= 4 is 27.3 Å². The Morgan fingerprint density at radius 2 is 2.20 bits per heavy atom. The molecule has 0 saturated heterocycles. The van der Waals surface area contributed by atoms with Crippen LogP contribution in [0.15, 0.2) is 35.7 Å². The lowest BCUT2D eigenvalue weighted by Crippen LogP contribution is -2.28. The molecule has 0 aliphatic carbocycles. The molecule has 1 aromatic heterocycles. The molecule has 0 spiro atoms. The van der Waals surface area contributed by atoms with Crippen LogP contribution in [-0.2, 0) is 16.6 Å². The number of anilines is 1. The summed E-state index contributed by atoms with van der Waals surface area (Å²) in [5.41, 5.74) is 5.55. The zero-order valence-electron chi connectivity index (χ0n) is 10.3. The summed E-state index contributed by atoms with van der Waals surface area (Å²) in [6.07, 6.45) is 4.81. The second-order valence-corrected chi connectivity index (χ2v) is 6.16. The van der Waals surface area contributed by atoms with Gasteiger partial charge in [0.05, 0.1) is 11.3 Å². The van der Waals surface area contributed by atoms with Gasteiger partial charge in [-0.2, -0.15) is 0 Å². The molecule has 6 nitrogen and oxygen atoms in total. The molecule has 0 atom stereocenters. The number of imidazole rings is 1. The fourth-order valence-electron chi connectivity index (χ4n) is 1.59. The zero-order valence-corrected chi connectivity index (χ0v) is 11.8. The lowest BCUT2D eigenvalue weighted by molar-refractivity contribution is 0.552. The molecule has 0 unspecified atom stereocenters. The fraction of sp³-hybridized carbons (Fsp3) is 0.182. The van der Waals surface area contributed by atoms with E-state index in [1.54, 1.807) is 23.3 Å². The molecule has 0 saturated carbocycles. The van der Waals surface area contributed by atoms with Crippen LogP contribution in [0.4, 0.5) is 10.1 Å². The van der Waals surface area contributed by atoms with Gasteiger partial charge >= 0.3 is 0 Å². The summed E-state index contributed by atoms with van der Waals surface area (Å²) in [6.45, 7) is 0.460. The summed E-state index contributed by atoms with van der Waals surface area (Å²) < 4.78 is 41.7. The average molecular weight is 319 g/mol. The minimum absolute atomic E-state index is 0.0754. The van der Waals surface area contributed by atoms with Crippen molar-refractivity contribution in [3.63, 3.8) is 0 Å². The highest BCUT2D eigenvalue weighted by Gasteiger charge is 2.21. The number of nitrogen functional groups attached to an aromatic ring is 1. The second-order valence-electron chi connectivity index (χ2n) is 4.01. The van der Waals surface area contributed by atoms with Gasteiger partial charge in [-0.15, -0.1) is 0 Å². The summed E-state index contributed by atoms with van der Waals surface area (Å²) in [6, 6.07) is 2.18. The highest BCUT2D eigenvalue weighted by atomic mass is 35.5. The average Bonchev–Trinajstić information content (AvgIpc) is 2.86. The van der Waals surface area contributed by atoms with E-state index in [-0.39, 0.29) is 17.3 Å².